The molecule has 1 aromatic heterocycles. The summed E-state index contributed by atoms with van der Waals surface area (Å²) in [6.07, 6.45) is -9.62. The number of aromatic nitrogens is 1. The number of amides is 1. The molecule has 1 amide bonds. The Labute approximate surface area is 234 Å². The van der Waals surface area contributed by atoms with Gasteiger partial charge >= 0.3 is 12.4 Å². The van der Waals surface area contributed by atoms with Crippen LogP contribution < -0.4 is 5.32 Å². The number of benzene rings is 3. The number of halogens is 8. The Morgan fingerprint density at radius 1 is 0.762 bits per heavy atom. The molecule has 0 saturated heterocycles. The van der Waals surface area contributed by atoms with Crippen LogP contribution in [-0.2, 0) is 16.6 Å². The van der Waals surface area contributed by atoms with Gasteiger partial charge in [-0.15, -0.1) is 0 Å². The van der Waals surface area contributed by atoms with Crippen LogP contribution in [0.4, 0.5) is 35.1 Å². The Hall–Kier alpha value is -4.32. The fraction of sp³-hybridized carbons (Fsp3) is 0.200. The van der Waals surface area contributed by atoms with Gasteiger partial charge in [-0.05, 0) is 41.5 Å². The molecule has 1 heterocycles. The molecule has 0 aliphatic rings. The molecule has 220 valence electrons. The molecule has 0 saturated carbocycles. The Balaban J connectivity index is 1.84. The lowest BCUT2D eigenvalue weighted by Crippen LogP contribution is -2.55. The molecule has 0 radical (unpaired) electrons. The van der Waals surface area contributed by atoms with E-state index in [4.69, 9.17) is 0 Å². The van der Waals surface area contributed by atoms with Crippen LogP contribution >= 0.6 is 0 Å². The molecule has 2 N–H and O–H groups in total. The fourth-order valence-corrected chi connectivity index (χ4v) is 4.70. The van der Waals surface area contributed by atoms with Crippen molar-refractivity contribution >= 4 is 5.91 Å². The Morgan fingerprint density at radius 2 is 1.38 bits per heavy atom. The molecule has 42 heavy (non-hydrogen) atoms. The largest absolute Gasteiger partial charge is 0.430 e. The maximum absolute atomic E-state index is 14.5. The number of carbonyl (C=O) groups is 1. The molecule has 0 bridgehead atoms. The van der Waals surface area contributed by atoms with Crippen LogP contribution in [0.2, 0.25) is 0 Å². The van der Waals surface area contributed by atoms with E-state index in [-0.39, 0.29) is 17.3 Å². The van der Waals surface area contributed by atoms with Crippen molar-refractivity contribution in [1.82, 2.24) is 10.3 Å². The van der Waals surface area contributed by atoms with Crippen molar-refractivity contribution in [3.8, 4) is 0 Å². The molecule has 4 nitrogen and oxygen atoms in total. The quantitative estimate of drug-likeness (QED) is 0.219. The van der Waals surface area contributed by atoms with Crippen LogP contribution in [0, 0.1) is 11.6 Å². The van der Waals surface area contributed by atoms with Crippen molar-refractivity contribution < 1.29 is 45.0 Å². The molecule has 4 rings (SSSR count). The third-order valence-corrected chi connectivity index (χ3v) is 6.72. The van der Waals surface area contributed by atoms with Gasteiger partial charge in [-0.25, -0.2) is 8.78 Å². The Kier molecular flexibility index (Phi) is 8.67. The highest BCUT2D eigenvalue weighted by Gasteiger charge is 2.60. The van der Waals surface area contributed by atoms with Gasteiger partial charge in [-0.1, -0.05) is 60.7 Å². The predicted molar refractivity (Wildman–Crippen MR) is 136 cm³/mol. The van der Waals surface area contributed by atoms with E-state index >= 15 is 0 Å². The first-order valence-corrected chi connectivity index (χ1v) is 12.4. The summed E-state index contributed by atoms with van der Waals surface area (Å²) in [5, 5.41) is 12.8. The summed E-state index contributed by atoms with van der Waals surface area (Å²) in [5.74, 6) is -6.36. The second-order valence-corrected chi connectivity index (χ2v) is 9.45. The van der Waals surface area contributed by atoms with Crippen LogP contribution in [0.25, 0.3) is 0 Å². The zero-order valence-electron chi connectivity index (χ0n) is 21.4. The number of pyridine rings is 1. The highest BCUT2D eigenvalue weighted by molar-refractivity contribution is 5.87. The minimum Gasteiger partial charge on any atom is -0.369 e. The highest BCUT2D eigenvalue weighted by Crippen LogP contribution is 2.42. The number of aliphatic hydroxyl groups is 1. The number of hydrogen-bond acceptors (Lipinski definition) is 3. The predicted octanol–water partition coefficient (Wildman–Crippen LogP) is 6.86. The standard InChI is InChI=1S/C30H22F8N2O2/c31-22-11-12-25(39-16-22)26(19-13-21(29(33,34)35)15-23(32)14-19)24(18-7-3-1-4-8-18)17-40-27(41)28(42,30(36,37)38)20-9-5-2-6-10-20/h1-16,24,26,42H,17H2,(H,40,41)/t24?,26?,28-/m0/s1. The lowest BCUT2D eigenvalue weighted by molar-refractivity contribution is -0.257. The zero-order valence-corrected chi connectivity index (χ0v) is 21.4. The molecule has 0 fully saturated rings. The topological polar surface area (TPSA) is 62.2 Å². The second-order valence-electron chi connectivity index (χ2n) is 9.45. The molecule has 3 atom stereocenters. The van der Waals surface area contributed by atoms with Gasteiger partial charge in [0, 0.05) is 29.6 Å². The van der Waals surface area contributed by atoms with Gasteiger partial charge in [0.1, 0.15) is 11.6 Å². The Morgan fingerprint density at radius 3 is 1.93 bits per heavy atom. The molecule has 0 spiro atoms. The van der Waals surface area contributed by atoms with Crippen molar-refractivity contribution in [2.75, 3.05) is 6.54 Å². The summed E-state index contributed by atoms with van der Waals surface area (Å²) in [6, 6.07) is 17.2. The summed E-state index contributed by atoms with van der Waals surface area (Å²) in [7, 11) is 0. The van der Waals surface area contributed by atoms with Gasteiger partial charge in [-0.3, -0.25) is 9.78 Å². The number of alkyl halides is 6. The van der Waals surface area contributed by atoms with E-state index in [2.05, 4.69) is 10.3 Å². The van der Waals surface area contributed by atoms with Crippen molar-refractivity contribution in [1.29, 1.82) is 0 Å². The number of nitrogens with zero attached hydrogens (tertiary/aromatic N) is 1. The van der Waals surface area contributed by atoms with E-state index in [0.717, 1.165) is 36.5 Å². The van der Waals surface area contributed by atoms with Crippen LogP contribution in [0.5, 0.6) is 0 Å². The van der Waals surface area contributed by atoms with E-state index < -0.39 is 65.0 Å². The van der Waals surface area contributed by atoms with E-state index in [9.17, 15) is 45.0 Å². The molecule has 12 heteroatoms. The summed E-state index contributed by atoms with van der Waals surface area (Å²) in [5.41, 5.74) is -6.08. The number of nitrogens with one attached hydrogen (secondary N) is 1. The van der Waals surface area contributed by atoms with Gasteiger partial charge in [-0.2, -0.15) is 26.3 Å². The monoisotopic (exact) mass is 594 g/mol. The second kappa shape index (κ2) is 11.9. The van der Waals surface area contributed by atoms with Gasteiger partial charge in [0.15, 0.2) is 0 Å². The number of carbonyl (C=O) groups excluding carboxylic acids is 1. The van der Waals surface area contributed by atoms with Crippen molar-refractivity contribution in [2.24, 2.45) is 0 Å². The van der Waals surface area contributed by atoms with E-state index in [1.807, 2.05) is 0 Å². The smallest absolute Gasteiger partial charge is 0.369 e. The average Bonchev–Trinajstić information content (AvgIpc) is 2.95. The third kappa shape index (κ3) is 6.43. The molecular formula is C30H22F8N2O2. The maximum atomic E-state index is 14.5. The van der Waals surface area contributed by atoms with Crippen LogP contribution in [-0.4, -0.2) is 28.7 Å². The maximum Gasteiger partial charge on any atom is 0.430 e. The molecule has 0 aliphatic heterocycles. The lowest BCUT2D eigenvalue weighted by atomic mass is 9.78. The summed E-state index contributed by atoms with van der Waals surface area (Å²) in [6.45, 7) is -0.671. The van der Waals surface area contributed by atoms with Gasteiger partial charge < -0.3 is 10.4 Å². The third-order valence-electron chi connectivity index (χ3n) is 6.72. The first kappa shape index (κ1) is 30.6. The Bertz CT molecular complexity index is 1510. The number of rotatable bonds is 8. The van der Waals surface area contributed by atoms with Crippen LogP contribution in [0.15, 0.2) is 97.2 Å². The van der Waals surface area contributed by atoms with E-state index in [1.165, 1.54) is 30.3 Å². The molecule has 2 unspecified atom stereocenters. The highest BCUT2D eigenvalue weighted by atomic mass is 19.4. The van der Waals surface area contributed by atoms with Gasteiger partial charge in [0.2, 0.25) is 0 Å². The minimum atomic E-state index is -5.46. The fourth-order valence-electron chi connectivity index (χ4n) is 4.70. The van der Waals surface area contributed by atoms with Gasteiger partial charge in [0.25, 0.3) is 11.5 Å². The van der Waals surface area contributed by atoms with Gasteiger partial charge in [0.05, 0.1) is 11.8 Å². The molecule has 4 aromatic rings. The van der Waals surface area contributed by atoms with E-state index in [1.54, 1.807) is 18.2 Å². The zero-order chi connectivity index (χ0) is 30.7. The summed E-state index contributed by atoms with van der Waals surface area (Å²) >= 11 is 0. The first-order chi connectivity index (χ1) is 19.7. The average molecular weight is 595 g/mol. The SMILES string of the molecule is O=C(NCC(c1ccccc1)C(c1cc(F)cc(C(F)(F)F)c1)c1ccc(F)cn1)[C@@](O)(c1ccccc1)C(F)(F)F. The van der Waals surface area contributed by atoms with E-state index in [0.29, 0.717) is 11.6 Å². The lowest BCUT2D eigenvalue weighted by Gasteiger charge is -2.32. The van der Waals surface area contributed by atoms with Crippen molar-refractivity contribution in [2.45, 2.75) is 29.8 Å². The summed E-state index contributed by atoms with van der Waals surface area (Å²) in [4.78, 5) is 17.0. The molecule has 3 aromatic carbocycles. The first-order valence-electron chi connectivity index (χ1n) is 12.4. The number of hydrogen-bond donors (Lipinski definition) is 2. The molecular weight excluding hydrogens is 572 g/mol. The van der Waals surface area contributed by atoms with Crippen molar-refractivity contribution in [3.63, 3.8) is 0 Å². The normalized spacial score (nSPS) is 15.0. The summed E-state index contributed by atoms with van der Waals surface area (Å²) < 4.78 is 112. The van der Waals surface area contributed by atoms with Crippen LogP contribution in [0.3, 0.4) is 0 Å². The van der Waals surface area contributed by atoms with Crippen molar-refractivity contribution in [3.05, 3.63) is 137 Å². The van der Waals surface area contributed by atoms with Crippen LogP contribution in [0.1, 0.15) is 39.8 Å². The molecule has 0 aliphatic carbocycles. The minimum absolute atomic E-state index is 0.0487.